The summed E-state index contributed by atoms with van der Waals surface area (Å²) in [5.74, 6) is 0.130. The molecule has 3 aromatic heterocycles. The number of pyridine rings is 1. The lowest BCUT2D eigenvalue weighted by atomic mass is 9.74. The molecule has 3 aromatic rings. The Balaban J connectivity index is 1.42. The number of nitrogens with zero attached hydrogens (tertiary/aromatic N) is 5. The number of piperidine rings is 1. The van der Waals surface area contributed by atoms with Crippen molar-refractivity contribution in [2.45, 2.75) is 70.6 Å². The summed E-state index contributed by atoms with van der Waals surface area (Å²) in [7, 11) is 0. The van der Waals surface area contributed by atoms with Crippen molar-refractivity contribution >= 4 is 34.6 Å². The molecule has 7 nitrogen and oxygen atoms in total. The number of halogens is 2. The molecule has 1 spiro atoms. The second-order valence-corrected chi connectivity index (χ2v) is 13.1. The van der Waals surface area contributed by atoms with E-state index in [1.807, 2.05) is 38.3 Å². The topological polar surface area (TPSA) is 81.4 Å². The molecule has 35 heavy (non-hydrogen) atoms. The van der Waals surface area contributed by atoms with Crippen LogP contribution in [-0.4, -0.2) is 47.8 Å². The zero-order valence-electron chi connectivity index (χ0n) is 20.6. The molecular weight excluding hydrogens is 487 g/mol. The normalized spacial score (nSPS) is 21.2. The summed E-state index contributed by atoms with van der Waals surface area (Å²) in [6.07, 6.45) is 10.5. The number of nitrogens with one attached hydrogen (secondary N) is 1. The van der Waals surface area contributed by atoms with Crippen LogP contribution < -0.4 is 9.62 Å². The van der Waals surface area contributed by atoms with Crippen molar-refractivity contribution < 1.29 is 8.94 Å². The molecule has 0 aromatic carbocycles. The highest BCUT2D eigenvalue weighted by atomic mass is 35.5. The van der Waals surface area contributed by atoms with Crippen LogP contribution in [0.1, 0.15) is 58.6 Å². The van der Waals surface area contributed by atoms with E-state index in [2.05, 4.69) is 19.6 Å². The minimum absolute atomic E-state index is 0.0256. The molecule has 10 heteroatoms. The van der Waals surface area contributed by atoms with Gasteiger partial charge in [-0.1, -0.05) is 18.0 Å². The minimum atomic E-state index is -1.07. The molecule has 1 N–H and O–H groups in total. The van der Waals surface area contributed by atoms with Gasteiger partial charge in [0.05, 0.1) is 11.7 Å². The van der Waals surface area contributed by atoms with E-state index in [0.29, 0.717) is 16.8 Å². The number of aryl methyl sites for hydroxylation is 1. The maximum Gasteiger partial charge on any atom is 0.232 e. The predicted octanol–water partition coefficient (Wildman–Crippen LogP) is 5.08. The second-order valence-electron chi connectivity index (χ2n) is 10.7. The van der Waals surface area contributed by atoms with Crippen molar-refractivity contribution in [2.75, 3.05) is 18.0 Å². The molecule has 0 amide bonds. The van der Waals surface area contributed by atoms with Gasteiger partial charge in [-0.2, -0.15) is 4.39 Å². The van der Waals surface area contributed by atoms with E-state index in [9.17, 15) is 8.94 Å². The Morgan fingerprint density at radius 1 is 1.20 bits per heavy atom. The maximum absolute atomic E-state index is 14.1. The van der Waals surface area contributed by atoms with Gasteiger partial charge in [-0.25, -0.2) is 15.0 Å². The molecule has 5 rings (SSSR count). The molecule has 2 atom stereocenters. The maximum atomic E-state index is 14.1. The zero-order chi connectivity index (χ0) is 25.0. The molecule has 1 saturated heterocycles. The number of hydrogen-bond acceptors (Lipinski definition) is 6. The first-order valence-electron chi connectivity index (χ1n) is 12.2. The summed E-state index contributed by atoms with van der Waals surface area (Å²) in [4.78, 5) is 15.5. The van der Waals surface area contributed by atoms with E-state index in [4.69, 9.17) is 16.6 Å². The molecule has 188 valence electrons. The van der Waals surface area contributed by atoms with Gasteiger partial charge >= 0.3 is 0 Å². The summed E-state index contributed by atoms with van der Waals surface area (Å²) < 4.78 is 32.1. The summed E-state index contributed by atoms with van der Waals surface area (Å²) >= 11 is 5.19. The first-order chi connectivity index (χ1) is 16.6. The van der Waals surface area contributed by atoms with Crippen LogP contribution in [0.15, 0.2) is 24.7 Å². The van der Waals surface area contributed by atoms with Gasteiger partial charge in [0.25, 0.3) is 0 Å². The predicted molar refractivity (Wildman–Crippen MR) is 138 cm³/mol. The van der Waals surface area contributed by atoms with Crippen LogP contribution in [0.3, 0.4) is 0 Å². The van der Waals surface area contributed by atoms with Gasteiger partial charge in [0.2, 0.25) is 11.9 Å². The van der Waals surface area contributed by atoms with E-state index in [1.54, 1.807) is 12.3 Å². The molecule has 1 unspecified atom stereocenters. The third kappa shape index (κ3) is 4.41. The third-order valence-electron chi connectivity index (χ3n) is 7.58. The van der Waals surface area contributed by atoms with Crippen LogP contribution in [0, 0.1) is 18.3 Å². The van der Waals surface area contributed by atoms with Crippen LogP contribution in [0.4, 0.5) is 10.3 Å². The van der Waals surface area contributed by atoms with Gasteiger partial charge in [0.15, 0.2) is 0 Å². The highest BCUT2D eigenvalue weighted by Crippen LogP contribution is 2.47. The van der Waals surface area contributed by atoms with E-state index < -0.39 is 17.3 Å². The summed E-state index contributed by atoms with van der Waals surface area (Å²) in [5.41, 5.74) is 2.86. The van der Waals surface area contributed by atoms with Crippen molar-refractivity contribution in [2.24, 2.45) is 5.41 Å². The van der Waals surface area contributed by atoms with Crippen molar-refractivity contribution in [3.8, 4) is 11.1 Å². The van der Waals surface area contributed by atoms with Gasteiger partial charge < -0.3 is 9.45 Å². The average Bonchev–Trinajstić information content (AvgIpc) is 3.44. The second kappa shape index (κ2) is 9.18. The Morgan fingerprint density at radius 2 is 1.94 bits per heavy atom. The molecule has 4 heterocycles. The summed E-state index contributed by atoms with van der Waals surface area (Å²) in [6.45, 7) is 9.69. The van der Waals surface area contributed by atoms with Crippen molar-refractivity contribution in [1.29, 1.82) is 0 Å². The minimum Gasteiger partial charge on any atom is -0.598 e. The van der Waals surface area contributed by atoms with Crippen LogP contribution in [-0.2, 0) is 11.4 Å². The van der Waals surface area contributed by atoms with E-state index in [-0.39, 0.29) is 21.2 Å². The molecule has 1 aliphatic heterocycles. The monoisotopic (exact) mass is 518 g/mol. The fraction of sp³-hybridized carbons (Fsp3) is 0.560. The number of aromatic nitrogens is 4. The highest BCUT2D eigenvalue weighted by Gasteiger charge is 2.48. The standard InChI is InChI=1S/C25H32ClFN6OS/c1-16-19(17-7-11-28-21(27)20(17)26)22-29-12-15-33(22)23(30-16)32-13-9-25(10-14-32)8-5-6-18(25)31-35(34)24(2,3)4/h7,11-12,15,18,31H,5-6,8-10,13-14H2,1-4H3/t18-,35?/m1/s1. The first-order valence-corrected chi connectivity index (χ1v) is 13.7. The van der Waals surface area contributed by atoms with E-state index in [0.717, 1.165) is 50.4 Å². The number of rotatable bonds is 4. The van der Waals surface area contributed by atoms with Crippen molar-refractivity contribution in [1.82, 2.24) is 24.1 Å². The number of fused-ring (bicyclic) bond motifs is 1. The number of hydrogen-bond donors (Lipinski definition) is 1. The number of anilines is 1. The van der Waals surface area contributed by atoms with E-state index >= 15 is 0 Å². The lowest BCUT2D eigenvalue weighted by molar-refractivity contribution is 0.186. The summed E-state index contributed by atoms with van der Waals surface area (Å²) in [5, 5.41) is -0.0256. The Morgan fingerprint density at radius 3 is 2.66 bits per heavy atom. The Kier molecular flexibility index (Phi) is 6.49. The van der Waals surface area contributed by atoms with Gasteiger partial charge in [-0.05, 0) is 64.9 Å². The third-order valence-corrected chi connectivity index (χ3v) is 9.55. The molecule has 2 fully saturated rings. The van der Waals surface area contributed by atoms with Crippen LogP contribution >= 0.6 is 11.6 Å². The molecule has 2 aliphatic rings. The highest BCUT2D eigenvalue weighted by molar-refractivity contribution is 7.90. The van der Waals surface area contributed by atoms with Gasteiger partial charge in [-0.3, -0.25) is 4.40 Å². The van der Waals surface area contributed by atoms with Crippen LogP contribution in [0.5, 0.6) is 0 Å². The smallest absolute Gasteiger partial charge is 0.232 e. The number of imidazole rings is 1. The van der Waals surface area contributed by atoms with Gasteiger partial charge in [0.1, 0.15) is 15.4 Å². The lowest BCUT2D eigenvalue weighted by Gasteiger charge is -2.44. The molecule has 1 saturated carbocycles. The van der Waals surface area contributed by atoms with Crippen molar-refractivity contribution in [3.05, 3.63) is 41.3 Å². The SMILES string of the molecule is Cc1nc(N2CCC3(CCC[C@H]3N[S+]([O-])C(C)(C)C)CC2)n2ccnc2c1-c1ccnc(F)c1Cl. The Hall–Kier alpha value is -1.94. The van der Waals surface area contributed by atoms with E-state index in [1.165, 1.54) is 12.6 Å². The molecule has 1 aliphatic carbocycles. The van der Waals surface area contributed by atoms with Gasteiger partial charge in [0, 0.05) is 54.2 Å². The fourth-order valence-electron chi connectivity index (χ4n) is 5.60. The van der Waals surface area contributed by atoms with Crippen LogP contribution in [0.25, 0.3) is 16.8 Å². The quantitative estimate of drug-likeness (QED) is 0.383. The zero-order valence-corrected chi connectivity index (χ0v) is 22.2. The molecular formula is C25H32ClFN6OS. The summed E-state index contributed by atoms with van der Waals surface area (Å²) in [6, 6.07) is 1.97. The Labute approximate surface area is 213 Å². The van der Waals surface area contributed by atoms with Crippen LogP contribution in [0.2, 0.25) is 5.02 Å². The average molecular weight is 519 g/mol. The molecule has 0 bridgehead atoms. The largest absolute Gasteiger partial charge is 0.598 e. The van der Waals surface area contributed by atoms with Crippen molar-refractivity contribution in [3.63, 3.8) is 0 Å². The Bertz CT molecular complexity index is 1240. The van der Waals surface area contributed by atoms with Gasteiger partial charge in [-0.15, -0.1) is 4.72 Å². The fourth-order valence-corrected chi connectivity index (χ4v) is 6.79. The molecule has 0 radical (unpaired) electrons. The first kappa shape index (κ1) is 24.7. The lowest BCUT2D eigenvalue weighted by Crippen LogP contribution is -2.53.